The van der Waals surface area contributed by atoms with Gasteiger partial charge in [0.1, 0.15) is 11.4 Å². The molecule has 0 spiro atoms. The maximum atomic E-state index is 13.6. The van der Waals surface area contributed by atoms with E-state index in [1.165, 1.54) is 0 Å². The number of nitrogens with one attached hydrogen (secondary N) is 1. The van der Waals surface area contributed by atoms with Gasteiger partial charge in [-0.1, -0.05) is 62.4 Å². The molecule has 4 aromatic rings. The molecule has 0 bridgehead atoms. The molecule has 0 radical (unpaired) electrons. The normalized spacial score (nSPS) is 11.0. The van der Waals surface area contributed by atoms with Gasteiger partial charge in [0.25, 0.3) is 5.91 Å². The molecule has 0 aliphatic heterocycles. The number of hydrogen-bond acceptors (Lipinski definition) is 3. The first-order chi connectivity index (χ1) is 15.4. The van der Waals surface area contributed by atoms with Crippen molar-refractivity contribution in [1.82, 2.24) is 9.78 Å². The van der Waals surface area contributed by atoms with E-state index in [2.05, 4.69) is 5.32 Å². The molecule has 0 saturated heterocycles. The van der Waals surface area contributed by atoms with Gasteiger partial charge in [0.15, 0.2) is 0 Å². The van der Waals surface area contributed by atoms with Crippen LogP contribution >= 0.6 is 0 Å². The molecule has 4 rings (SSSR count). The number of phenolic OH excluding ortho intramolecular Hbond substituents is 1. The van der Waals surface area contributed by atoms with Crippen LogP contribution in [0.5, 0.6) is 5.75 Å². The summed E-state index contributed by atoms with van der Waals surface area (Å²) in [6, 6.07) is 23.1. The lowest BCUT2D eigenvalue weighted by Crippen LogP contribution is -2.15. The third kappa shape index (κ3) is 4.02. The van der Waals surface area contributed by atoms with Crippen molar-refractivity contribution in [1.29, 1.82) is 0 Å². The number of amides is 1. The van der Waals surface area contributed by atoms with Crippen molar-refractivity contribution in [2.45, 2.75) is 33.6 Å². The number of rotatable bonds is 5. The average Bonchev–Trinajstić information content (AvgIpc) is 3.13. The SMILES string of the molecule is Cc1cc(O)c(C(C)C)cc1NC(=O)c1c(-c2ccccc2)nn(-c2ccccc2)c1C. The van der Waals surface area contributed by atoms with Crippen molar-refractivity contribution in [2.75, 3.05) is 5.32 Å². The average molecular weight is 426 g/mol. The third-order valence-corrected chi connectivity index (χ3v) is 5.64. The van der Waals surface area contributed by atoms with Gasteiger partial charge in [0, 0.05) is 11.3 Å². The van der Waals surface area contributed by atoms with Crippen LogP contribution in [0.3, 0.4) is 0 Å². The van der Waals surface area contributed by atoms with Gasteiger partial charge in [-0.3, -0.25) is 4.79 Å². The van der Waals surface area contributed by atoms with Gasteiger partial charge in [-0.2, -0.15) is 5.10 Å². The quantitative estimate of drug-likeness (QED) is 0.372. The van der Waals surface area contributed by atoms with Crippen LogP contribution in [-0.2, 0) is 0 Å². The zero-order valence-corrected chi connectivity index (χ0v) is 18.8. The van der Waals surface area contributed by atoms with E-state index in [1.54, 1.807) is 10.7 Å². The molecule has 0 aliphatic carbocycles. The van der Waals surface area contributed by atoms with E-state index in [9.17, 15) is 9.90 Å². The highest BCUT2D eigenvalue weighted by molar-refractivity contribution is 6.09. The van der Waals surface area contributed by atoms with Gasteiger partial charge in [-0.25, -0.2) is 4.68 Å². The number of carbonyl (C=O) groups excluding carboxylic acids is 1. The first-order valence-corrected chi connectivity index (χ1v) is 10.7. The van der Waals surface area contributed by atoms with Crippen LogP contribution in [0.25, 0.3) is 16.9 Å². The number of anilines is 1. The van der Waals surface area contributed by atoms with E-state index >= 15 is 0 Å². The van der Waals surface area contributed by atoms with Crippen molar-refractivity contribution >= 4 is 11.6 Å². The topological polar surface area (TPSA) is 67.2 Å². The van der Waals surface area contributed by atoms with Gasteiger partial charge in [-0.15, -0.1) is 0 Å². The first-order valence-electron chi connectivity index (χ1n) is 10.7. The van der Waals surface area contributed by atoms with Gasteiger partial charge >= 0.3 is 0 Å². The van der Waals surface area contributed by atoms with Crippen molar-refractivity contribution < 1.29 is 9.90 Å². The summed E-state index contributed by atoms with van der Waals surface area (Å²) in [7, 11) is 0. The van der Waals surface area contributed by atoms with E-state index < -0.39 is 0 Å². The van der Waals surface area contributed by atoms with Gasteiger partial charge in [0.05, 0.1) is 16.9 Å². The van der Waals surface area contributed by atoms with Crippen LogP contribution in [0.1, 0.15) is 46.9 Å². The monoisotopic (exact) mass is 425 g/mol. The Bertz CT molecular complexity index is 1260. The highest BCUT2D eigenvalue weighted by atomic mass is 16.3. The van der Waals surface area contributed by atoms with Crippen LogP contribution in [-0.4, -0.2) is 20.8 Å². The Hall–Kier alpha value is -3.86. The number of phenols is 1. The summed E-state index contributed by atoms with van der Waals surface area (Å²) in [4.78, 5) is 13.6. The Morgan fingerprint density at radius 3 is 2.22 bits per heavy atom. The zero-order chi connectivity index (χ0) is 22.8. The van der Waals surface area contributed by atoms with Crippen molar-refractivity contribution in [3.63, 3.8) is 0 Å². The van der Waals surface area contributed by atoms with Crippen LogP contribution in [0.2, 0.25) is 0 Å². The van der Waals surface area contributed by atoms with Crippen LogP contribution in [0, 0.1) is 13.8 Å². The number of aromatic nitrogens is 2. The molecule has 5 nitrogen and oxygen atoms in total. The molecule has 1 aromatic heterocycles. The number of benzene rings is 3. The maximum Gasteiger partial charge on any atom is 0.259 e. The summed E-state index contributed by atoms with van der Waals surface area (Å²) < 4.78 is 1.81. The predicted octanol–water partition coefficient (Wildman–Crippen LogP) is 6.24. The highest BCUT2D eigenvalue weighted by Gasteiger charge is 2.24. The second kappa shape index (κ2) is 8.71. The molecule has 2 N–H and O–H groups in total. The second-order valence-corrected chi connectivity index (χ2v) is 8.26. The zero-order valence-electron chi connectivity index (χ0n) is 18.8. The van der Waals surface area contributed by atoms with Gasteiger partial charge in [0.2, 0.25) is 0 Å². The Morgan fingerprint density at radius 1 is 0.969 bits per heavy atom. The predicted molar refractivity (Wildman–Crippen MR) is 129 cm³/mol. The Kier molecular flexibility index (Phi) is 5.82. The molecule has 0 unspecified atom stereocenters. The minimum atomic E-state index is -0.230. The van der Waals surface area contributed by atoms with Gasteiger partial charge in [-0.05, 0) is 55.2 Å². The van der Waals surface area contributed by atoms with Crippen LogP contribution in [0.4, 0.5) is 5.69 Å². The summed E-state index contributed by atoms with van der Waals surface area (Å²) in [5, 5.41) is 18.2. The first kappa shape index (κ1) is 21.4. The smallest absolute Gasteiger partial charge is 0.259 e. The maximum absolute atomic E-state index is 13.6. The fourth-order valence-corrected chi connectivity index (χ4v) is 3.88. The van der Waals surface area contributed by atoms with Gasteiger partial charge < -0.3 is 10.4 Å². The Balaban J connectivity index is 1.82. The fourth-order valence-electron chi connectivity index (χ4n) is 3.88. The third-order valence-electron chi connectivity index (χ3n) is 5.64. The molecular formula is C27H27N3O2. The molecule has 0 saturated carbocycles. The number of para-hydroxylation sites is 1. The summed E-state index contributed by atoms with van der Waals surface area (Å²) in [5.41, 5.74) is 5.96. The summed E-state index contributed by atoms with van der Waals surface area (Å²) in [6.07, 6.45) is 0. The standard InChI is InChI=1S/C27H27N3O2/c1-17(2)22-16-23(18(3)15-24(22)31)28-27(32)25-19(4)30(21-13-9-6-10-14-21)29-26(25)20-11-7-5-8-12-20/h5-17,31H,1-4H3,(H,28,32). The van der Waals surface area contributed by atoms with E-state index in [0.29, 0.717) is 16.9 Å². The number of nitrogens with zero attached hydrogens (tertiary/aromatic N) is 2. The van der Waals surface area contributed by atoms with E-state index in [4.69, 9.17) is 5.10 Å². The van der Waals surface area contributed by atoms with Crippen molar-refractivity contribution in [2.24, 2.45) is 0 Å². The molecular weight excluding hydrogens is 398 g/mol. The molecule has 0 aliphatic rings. The molecule has 0 fully saturated rings. The largest absolute Gasteiger partial charge is 0.508 e. The second-order valence-electron chi connectivity index (χ2n) is 8.26. The minimum Gasteiger partial charge on any atom is -0.508 e. The van der Waals surface area contributed by atoms with E-state index in [0.717, 1.165) is 28.1 Å². The number of aryl methyl sites for hydroxylation is 1. The Morgan fingerprint density at radius 2 is 1.59 bits per heavy atom. The number of hydrogen-bond donors (Lipinski definition) is 2. The van der Waals surface area contributed by atoms with Crippen molar-refractivity contribution in [3.05, 3.63) is 95.2 Å². The fraction of sp³-hybridized carbons (Fsp3) is 0.185. The molecule has 1 amide bonds. The lowest BCUT2D eigenvalue weighted by Gasteiger charge is -2.15. The Labute approximate surface area is 188 Å². The molecule has 0 atom stereocenters. The van der Waals surface area contributed by atoms with E-state index in [-0.39, 0.29) is 17.6 Å². The van der Waals surface area contributed by atoms with Crippen LogP contribution < -0.4 is 5.32 Å². The van der Waals surface area contributed by atoms with E-state index in [1.807, 2.05) is 94.4 Å². The lowest BCUT2D eigenvalue weighted by molar-refractivity contribution is 0.102. The highest BCUT2D eigenvalue weighted by Crippen LogP contribution is 2.33. The minimum absolute atomic E-state index is 0.133. The summed E-state index contributed by atoms with van der Waals surface area (Å²) in [5.74, 6) is 0.147. The summed E-state index contributed by atoms with van der Waals surface area (Å²) >= 11 is 0. The number of aromatic hydroxyl groups is 1. The molecule has 3 aromatic carbocycles. The lowest BCUT2D eigenvalue weighted by atomic mass is 9.99. The molecule has 162 valence electrons. The molecule has 5 heteroatoms. The van der Waals surface area contributed by atoms with Crippen molar-refractivity contribution in [3.8, 4) is 22.7 Å². The molecule has 32 heavy (non-hydrogen) atoms. The number of carbonyl (C=O) groups is 1. The summed E-state index contributed by atoms with van der Waals surface area (Å²) in [6.45, 7) is 7.80. The molecule has 1 heterocycles. The van der Waals surface area contributed by atoms with Crippen LogP contribution in [0.15, 0.2) is 72.8 Å².